The van der Waals surface area contributed by atoms with E-state index in [-0.39, 0.29) is 11.7 Å². The number of furan rings is 1. The lowest BCUT2D eigenvalue weighted by Gasteiger charge is -2.45. The number of hydrogen-bond donors (Lipinski definition) is 1. The minimum atomic E-state index is -0.171. The predicted octanol–water partition coefficient (Wildman–Crippen LogP) is 1.79. The van der Waals surface area contributed by atoms with Crippen molar-refractivity contribution in [2.75, 3.05) is 19.7 Å². The van der Waals surface area contributed by atoms with Gasteiger partial charge in [0.25, 0.3) is 0 Å². The van der Waals surface area contributed by atoms with Crippen molar-refractivity contribution in [3.8, 4) is 0 Å². The Balaban J connectivity index is 1.54. The first-order chi connectivity index (χ1) is 8.76. The van der Waals surface area contributed by atoms with Crippen LogP contribution in [0.2, 0.25) is 0 Å². The zero-order chi connectivity index (χ0) is 12.4. The zero-order valence-electron chi connectivity index (χ0n) is 10.7. The lowest BCUT2D eigenvalue weighted by Crippen LogP contribution is -2.50. The van der Waals surface area contributed by atoms with Crippen molar-refractivity contribution in [3.63, 3.8) is 0 Å². The third-order valence-electron chi connectivity index (χ3n) is 4.19. The monoisotopic (exact) mass is 251 g/mol. The molecular weight excluding hydrogens is 230 g/mol. The van der Waals surface area contributed by atoms with Gasteiger partial charge in [-0.1, -0.05) is 0 Å². The van der Waals surface area contributed by atoms with E-state index in [0.717, 1.165) is 51.1 Å². The summed E-state index contributed by atoms with van der Waals surface area (Å²) in [4.78, 5) is 2.40. The SMILES string of the molecule is OC1CCOC2(CCN(Cc3ccco3)CC2)C1. The van der Waals surface area contributed by atoms with Crippen LogP contribution in [-0.4, -0.2) is 41.4 Å². The second kappa shape index (κ2) is 5.03. The number of piperidine rings is 1. The lowest BCUT2D eigenvalue weighted by molar-refractivity contribution is -0.143. The molecule has 0 saturated carbocycles. The molecule has 100 valence electrons. The second-order valence-corrected chi connectivity index (χ2v) is 5.53. The summed E-state index contributed by atoms with van der Waals surface area (Å²) < 4.78 is 11.3. The average Bonchev–Trinajstić information content (AvgIpc) is 2.85. The number of likely N-dealkylation sites (tertiary alicyclic amines) is 1. The highest BCUT2D eigenvalue weighted by molar-refractivity contribution is 4.99. The van der Waals surface area contributed by atoms with E-state index in [0.29, 0.717) is 6.61 Å². The van der Waals surface area contributed by atoms with Crippen LogP contribution < -0.4 is 0 Å². The van der Waals surface area contributed by atoms with Crippen molar-refractivity contribution >= 4 is 0 Å². The molecule has 0 aliphatic carbocycles. The molecule has 2 saturated heterocycles. The molecule has 1 N–H and O–H groups in total. The fraction of sp³-hybridized carbons (Fsp3) is 0.714. The quantitative estimate of drug-likeness (QED) is 0.870. The molecule has 3 rings (SSSR count). The van der Waals surface area contributed by atoms with Gasteiger partial charge in [-0.15, -0.1) is 0 Å². The van der Waals surface area contributed by atoms with Crippen LogP contribution in [0.1, 0.15) is 31.4 Å². The van der Waals surface area contributed by atoms with Crippen LogP contribution in [0.3, 0.4) is 0 Å². The number of nitrogens with zero attached hydrogens (tertiary/aromatic N) is 1. The molecule has 2 aliphatic heterocycles. The summed E-state index contributed by atoms with van der Waals surface area (Å²) in [7, 11) is 0. The Labute approximate surface area is 108 Å². The minimum absolute atomic E-state index is 0.0582. The molecule has 0 aromatic carbocycles. The van der Waals surface area contributed by atoms with Crippen LogP contribution in [0.25, 0.3) is 0 Å². The van der Waals surface area contributed by atoms with Gasteiger partial charge in [-0.25, -0.2) is 0 Å². The van der Waals surface area contributed by atoms with Crippen LogP contribution in [-0.2, 0) is 11.3 Å². The minimum Gasteiger partial charge on any atom is -0.468 e. The molecule has 18 heavy (non-hydrogen) atoms. The van der Waals surface area contributed by atoms with E-state index < -0.39 is 0 Å². The van der Waals surface area contributed by atoms with E-state index in [1.807, 2.05) is 12.1 Å². The topological polar surface area (TPSA) is 45.8 Å². The number of hydrogen-bond acceptors (Lipinski definition) is 4. The summed E-state index contributed by atoms with van der Waals surface area (Å²) in [6.45, 7) is 3.63. The first-order valence-electron chi connectivity index (χ1n) is 6.83. The lowest BCUT2D eigenvalue weighted by atomic mass is 9.83. The zero-order valence-corrected chi connectivity index (χ0v) is 10.7. The van der Waals surface area contributed by atoms with Gasteiger partial charge >= 0.3 is 0 Å². The molecule has 3 heterocycles. The van der Waals surface area contributed by atoms with Gasteiger partial charge in [-0.05, 0) is 31.4 Å². The van der Waals surface area contributed by atoms with Gasteiger partial charge in [-0.3, -0.25) is 4.90 Å². The number of rotatable bonds is 2. The Kier molecular flexibility index (Phi) is 3.41. The predicted molar refractivity (Wildman–Crippen MR) is 67.1 cm³/mol. The van der Waals surface area contributed by atoms with Crippen molar-refractivity contribution in [1.82, 2.24) is 4.90 Å². The van der Waals surface area contributed by atoms with Gasteiger partial charge in [0, 0.05) is 26.1 Å². The van der Waals surface area contributed by atoms with Crippen molar-refractivity contribution < 1.29 is 14.3 Å². The van der Waals surface area contributed by atoms with E-state index in [2.05, 4.69) is 4.90 Å². The number of aliphatic hydroxyl groups is 1. The second-order valence-electron chi connectivity index (χ2n) is 5.53. The molecule has 4 nitrogen and oxygen atoms in total. The molecule has 1 unspecified atom stereocenters. The van der Waals surface area contributed by atoms with Crippen LogP contribution in [0, 0.1) is 0 Å². The Hall–Kier alpha value is -0.840. The third-order valence-corrected chi connectivity index (χ3v) is 4.19. The third kappa shape index (κ3) is 2.60. The highest BCUT2D eigenvalue weighted by atomic mass is 16.5. The van der Waals surface area contributed by atoms with E-state index in [9.17, 15) is 5.11 Å². The van der Waals surface area contributed by atoms with Gasteiger partial charge in [0.15, 0.2) is 0 Å². The van der Waals surface area contributed by atoms with Gasteiger partial charge in [-0.2, -0.15) is 0 Å². The highest BCUT2D eigenvalue weighted by Crippen LogP contribution is 2.35. The van der Waals surface area contributed by atoms with Gasteiger partial charge in [0.1, 0.15) is 5.76 Å². The molecule has 1 atom stereocenters. The largest absolute Gasteiger partial charge is 0.468 e. The smallest absolute Gasteiger partial charge is 0.117 e. The molecule has 4 heteroatoms. The van der Waals surface area contributed by atoms with E-state index in [1.165, 1.54) is 0 Å². The normalized spacial score (nSPS) is 28.6. The molecule has 2 fully saturated rings. The van der Waals surface area contributed by atoms with E-state index >= 15 is 0 Å². The molecule has 1 spiro atoms. The molecule has 1 aromatic rings. The fourth-order valence-electron chi connectivity index (χ4n) is 3.09. The fourth-order valence-corrected chi connectivity index (χ4v) is 3.09. The maximum absolute atomic E-state index is 9.79. The first kappa shape index (κ1) is 12.2. The van der Waals surface area contributed by atoms with Crippen molar-refractivity contribution in [3.05, 3.63) is 24.2 Å². The summed E-state index contributed by atoms with van der Waals surface area (Å²) in [5, 5.41) is 9.79. The molecule has 1 aromatic heterocycles. The maximum Gasteiger partial charge on any atom is 0.117 e. The van der Waals surface area contributed by atoms with Crippen LogP contribution in [0.5, 0.6) is 0 Å². The maximum atomic E-state index is 9.79. The summed E-state index contributed by atoms with van der Waals surface area (Å²) in [5.74, 6) is 1.02. The van der Waals surface area contributed by atoms with Gasteiger partial charge in [0.2, 0.25) is 0 Å². The molecule has 0 amide bonds. The van der Waals surface area contributed by atoms with Crippen molar-refractivity contribution in [2.24, 2.45) is 0 Å². The molecule has 2 aliphatic rings. The Morgan fingerprint density at radius 2 is 2.22 bits per heavy atom. The van der Waals surface area contributed by atoms with Crippen LogP contribution in [0.4, 0.5) is 0 Å². The van der Waals surface area contributed by atoms with E-state index in [1.54, 1.807) is 6.26 Å². The van der Waals surface area contributed by atoms with Gasteiger partial charge in [0.05, 0.1) is 24.5 Å². The molecular formula is C14H21NO3. The van der Waals surface area contributed by atoms with Crippen LogP contribution in [0.15, 0.2) is 22.8 Å². The summed E-state index contributed by atoms with van der Waals surface area (Å²) in [6.07, 6.45) is 5.19. The first-order valence-corrected chi connectivity index (χ1v) is 6.83. The number of ether oxygens (including phenoxy) is 1. The molecule has 0 radical (unpaired) electrons. The summed E-state index contributed by atoms with van der Waals surface area (Å²) >= 11 is 0. The standard InChI is InChI=1S/C14H21NO3/c16-12-3-9-18-14(10-12)4-6-15(7-5-14)11-13-2-1-8-17-13/h1-2,8,12,16H,3-7,9-11H2. The highest BCUT2D eigenvalue weighted by Gasteiger charge is 2.39. The molecule has 0 bridgehead atoms. The van der Waals surface area contributed by atoms with Gasteiger partial charge < -0.3 is 14.3 Å². The van der Waals surface area contributed by atoms with Crippen molar-refractivity contribution in [2.45, 2.75) is 43.9 Å². The van der Waals surface area contributed by atoms with Crippen LogP contribution >= 0.6 is 0 Å². The Morgan fingerprint density at radius 1 is 1.39 bits per heavy atom. The Morgan fingerprint density at radius 3 is 2.89 bits per heavy atom. The summed E-state index contributed by atoms with van der Waals surface area (Å²) in [5.41, 5.74) is -0.0582. The van der Waals surface area contributed by atoms with E-state index in [4.69, 9.17) is 9.15 Å². The van der Waals surface area contributed by atoms with Crippen molar-refractivity contribution in [1.29, 1.82) is 0 Å². The Bertz CT molecular complexity index is 368. The number of aliphatic hydroxyl groups excluding tert-OH is 1. The summed E-state index contributed by atoms with van der Waals surface area (Å²) in [6, 6.07) is 3.95. The average molecular weight is 251 g/mol.